The van der Waals surface area contributed by atoms with Gasteiger partial charge in [-0.1, -0.05) is 19.9 Å². The Morgan fingerprint density at radius 2 is 1.76 bits per heavy atom. The lowest BCUT2D eigenvalue weighted by Crippen LogP contribution is -2.27. The molecule has 168 valence electrons. The molecule has 0 fully saturated rings. The van der Waals surface area contributed by atoms with E-state index in [2.05, 4.69) is 33.7 Å². The lowest BCUT2D eigenvalue weighted by atomic mass is 9.98. The molecule has 0 aliphatic carbocycles. The van der Waals surface area contributed by atoms with E-state index in [-0.39, 0.29) is 5.69 Å². The lowest BCUT2D eigenvalue weighted by Gasteiger charge is -2.17. The Kier molecular flexibility index (Phi) is 6.85. The smallest absolute Gasteiger partial charge is 0.267 e. The molecule has 0 spiro atoms. The molecule has 0 radical (unpaired) electrons. The minimum Gasteiger partial charge on any atom is -0.364 e. The minimum absolute atomic E-state index is 0.207. The number of carbonyl (C=O) groups excluding carboxylic acids is 1. The van der Waals surface area contributed by atoms with Crippen molar-refractivity contribution < 1.29 is 4.79 Å². The van der Waals surface area contributed by atoms with Crippen LogP contribution in [0.3, 0.4) is 0 Å². The standard InChI is InChI=1S/C25H27N7O/c1-3-31(4-2)15-16-32-17-20(24(30-32)21-7-5-6-12-28-21)19-8-9-22(25(26)33)29-23(19)18-10-13-27-14-11-18/h5-14,17H,3-4,15-16H2,1-2H3,(H2,26,33). The Morgan fingerprint density at radius 1 is 0.970 bits per heavy atom. The van der Waals surface area contributed by atoms with Crippen LogP contribution in [0.15, 0.2) is 67.3 Å². The van der Waals surface area contributed by atoms with Gasteiger partial charge < -0.3 is 10.6 Å². The lowest BCUT2D eigenvalue weighted by molar-refractivity contribution is 0.0995. The second kappa shape index (κ2) is 10.1. The van der Waals surface area contributed by atoms with E-state index in [1.54, 1.807) is 24.7 Å². The van der Waals surface area contributed by atoms with Crippen molar-refractivity contribution in [2.24, 2.45) is 5.73 Å². The van der Waals surface area contributed by atoms with E-state index >= 15 is 0 Å². The SMILES string of the molecule is CCN(CC)CCn1cc(-c2ccc(C(N)=O)nc2-c2ccncc2)c(-c2ccccn2)n1. The summed E-state index contributed by atoms with van der Waals surface area (Å²) < 4.78 is 1.95. The molecule has 4 aromatic heterocycles. The fourth-order valence-electron chi connectivity index (χ4n) is 3.75. The van der Waals surface area contributed by atoms with Gasteiger partial charge in [0.1, 0.15) is 11.4 Å². The second-order valence-electron chi connectivity index (χ2n) is 7.59. The Balaban J connectivity index is 1.86. The van der Waals surface area contributed by atoms with Gasteiger partial charge >= 0.3 is 0 Å². The molecule has 0 atom stereocenters. The van der Waals surface area contributed by atoms with Crippen LogP contribution in [0.25, 0.3) is 33.8 Å². The number of amides is 1. The van der Waals surface area contributed by atoms with Crippen LogP contribution in [-0.4, -0.2) is 55.2 Å². The van der Waals surface area contributed by atoms with E-state index in [1.807, 2.05) is 47.3 Å². The van der Waals surface area contributed by atoms with Crippen molar-refractivity contribution in [3.8, 4) is 33.8 Å². The third-order valence-electron chi connectivity index (χ3n) is 5.60. The van der Waals surface area contributed by atoms with E-state index in [1.165, 1.54) is 0 Å². The van der Waals surface area contributed by atoms with Gasteiger partial charge in [0.15, 0.2) is 0 Å². The summed E-state index contributed by atoms with van der Waals surface area (Å²) in [6.45, 7) is 7.93. The summed E-state index contributed by atoms with van der Waals surface area (Å²) in [6, 6.07) is 13.0. The molecule has 0 bridgehead atoms. The number of pyridine rings is 3. The van der Waals surface area contributed by atoms with Crippen LogP contribution in [0.1, 0.15) is 24.3 Å². The highest BCUT2D eigenvalue weighted by molar-refractivity contribution is 5.94. The maximum absolute atomic E-state index is 11.8. The summed E-state index contributed by atoms with van der Waals surface area (Å²) in [5.41, 5.74) is 10.5. The Labute approximate surface area is 193 Å². The van der Waals surface area contributed by atoms with Gasteiger partial charge in [-0.05, 0) is 49.5 Å². The number of rotatable bonds is 9. The minimum atomic E-state index is -0.572. The molecule has 2 N–H and O–H groups in total. The maximum atomic E-state index is 11.8. The largest absolute Gasteiger partial charge is 0.364 e. The van der Waals surface area contributed by atoms with Crippen molar-refractivity contribution in [2.75, 3.05) is 19.6 Å². The normalized spacial score (nSPS) is 11.1. The molecule has 1 amide bonds. The average molecular weight is 442 g/mol. The molecule has 0 saturated carbocycles. The predicted molar refractivity (Wildman–Crippen MR) is 128 cm³/mol. The van der Waals surface area contributed by atoms with Gasteiger partial charge in [0, 0.05) is 48.0 Å². The monoisotopic (exact) mass is 441 g/mol. The van der Waals surface area contributed by atoms with Crippen molar-refractivity contribution in [1.82, 2.24) is 29.6 Å². The van der Waals surface area contributed by atoms with Gasteiger partial charge in [0.25, 0.3) is 5.91 Å². The first-order valence-electron chi connectivity index (χ1n) is 11.0. The van der Waals surface area contributed by atoms with Gasteiger partial charge in [-0.2, -0.15) is 5.10 Å². The number of hydrogen-bond donors (Lipinski definition) is 1. The second-order valence-corrected chi connectivity index (χ2v) is 7.59. The molecule has 0 aliphatic heterocycles. The predicted octanol–water partition coefficient (Wildman–Crippen LogP) is 3.51. The molecule has 4 aromatic rings. The molecule has 0 saturated heterocycles. The first-order valence-corrected chi connectivity index (χ1v) is 11.0. The first-order chi connectivity index (χ1) is 16.1. The molecular weight excluding hydrogens is 414 g/mol. The summed E-state index contributed by atoms with van der Waals surface area (Å²) in [5.74, 6) is -0.572. The molecular formula is C25H27N7O. The number of nitrogens with zero attached hydrogens (tertiary/aromatic N) is 6. The Morgan fingerprint density at radius 3 is 2.42 bits per heavy atom. The van der Waals surface area contributed by atoms with Crippen LogP contribution in [0.5, 0.6) is 0 Å². The van der Waals surface area contributed by atoms with Crippen molar-refractivity contribution in [3.05, 3.63) is 72.9 Å². The zero-order chi connectivity index (χ0) is 23.2. The van der Waals surface area contributed by atoms with Crippen LogP contribution in [0.2, 0.25) is 0 Å². The number of hydrogen-bond acceptors (Lipinski definition) is 6. The molecule has 8 heteroatoms. The van der Waals surface area contributed by atoms with E-state index in [0.29, 0.717) is 5.69 Å². The zero-order valence-corrected chi connectivity index (χ0v) is 18.8. The third kappa shape index (κ3) is 4.96. The quantitative estimate of drug-likeness (QED) is 0.426. The van der Waals surface area contributed by atoms with Gasteiger partial charge in [-0.25, -0.2) is 4.98 Å². The summed E-state index contributed by atoms with van der Waals surface area (Å²) in [6.07, 6.45) is 7.18. The third-order valence-corrected chi connectivity index (χ3v) is 5.60. The zero-order valence-electron chi connectivity index (χ0n) is 18.8. The topological polar surface area (TPSA) is 103 Å². The Hall–Kier alpha value is -3.91. The summed E-state index contributed by atoms with van der Waals surface area (Å²) >= 11 is 0. The molecule has 0 unspecified atom stereocenters. The molecule has 4 heterocycles. The number of aromatic nitrogens is 5. The van der Waals surface area contributed by atoms with Gasteiger partial charge in [-0.15, -0.1) is 0 Å². The van der Waals surface area contributed by atoms with E-state index in [4.69, 9.17) is 10.8 Å². The molecule has 0 aromatic carbocycles. The highest BCUT2D eigenvalue weighted by Gasteiger charge is 2.20. The van der Waals surface area contributed by atoms with Crippen LogP contribution in [-0.2, 0) is 6.54 Å². The van der Waals surface area contributed by atoms with Gasteiger partial charge in [-0.3, -0.25) is 19.4 Å². The van der Waals surface area contributed by atoms with Crippen LogP contribution in [0, 0.1) is 0 Å². The van der Waals surface area contributed by atoms with Crippen molar-refractivity contribution >= 4 is 5.91 Å². The van der Waals surface area contributed by atoms with Crippen molar-refractivity contribution in [3.63, 3.8) is 0 Å². The molecule has 8 nitrogen and oxygen atoms in total. The van der Waals surface area contributed by atoms with Gasteiger partial charge in [0.05, 0.1) is 17.9 Å². The summed E-state index contributed by atoms with van der Waals surface area (Å²) in [7, 11) is 0. The van der Waals surface area contributed by atoms with Gasteiger partial charge in [0.2, 0.25) is 0 Å². The highest BCUT2D eigenvalue weighted by Crippen LogP contribution is 2.36. The number of carbonyl (C=O) groups is 1. The van der Waals surface area contributed by atoms with Crippen LogP contribution < -0.4 is 5.73 Å². The van der Waals surface area contributed by atoms with Crippen molar-refractivity contribution in [2.45, 2.75) is 20.4 Å². The number of primary amides is 1. The Bertz CT molecular complexity index is 1220. The average Bonchev–Trinajstić information content (AvgIpc) is 3.29. The maximum Gasteiger partial charge on any atom is 0.267 e. The van der Waals surface area contributed by atoms with E-state index < -0.39 is 5.91 Å². The van der Waals surface area contributed by atoms with E-state index in [9.17, 15) is 4.79 Å². The fraction of sp³-hybridized carbons (Fsp3) is 0.240. The molecule has 0 aliphatic rings. The fourth-order valence-corrected chi connectivity index (χ4v) is 3.75. The van der Waals surface area contributed by atoms with Crippen molar-refractivity contribution in [1.29, 1.82) is 0 Å². The summed E-state index contributed by atoms with van der Waals surface area (Å²) in [4.78, 5) is 27.4. The molecule has 4 rings (SSSR count). The summed E-state index contributed by atoms with van der Waals surface area (Å²) in [5, 5.41) is 4.89. The highest BCUT2D eigenvalue weighted by atomic mass is 16.1. The first kappa shape index (κ1) is 22.3. The molecule has 33 heavy (non-hydrogen) atoms. The number of likely N-dealkylation sites (N-methyl/N-ethyl adjacent to an activating group) is 1. The number of nitrogens with two attached hydrogens (primary N) is 1. The van der Waals surface area contributed by atoms with E-state index in [0.717, 1.165) is 54.3 Å². The van der Waals surface area contributed by atoms with Crippen LogP contribution >= 0.6 is 0 Å². The van der Waals surface area contributed by atoms with Crippen LogP contribution in [0.4, 0.5) is 0 Å².